The molecule has 3 atom stereocenters. The number of benzene rings is 1. The van der Waals surface area contributed by atoms with Crippen LogP contribution in [0.1, 0.15) is 52.0 Å². The van der Waals surface area contributed by atoms with Gasteiger partial charge < -0.3 is 16.2 Å². The zero-order chi connectivity index (χ0) is 21.6. The highest BCUT2D eigenvalue weighted by Gasteiger charge is 2.53. The first-order valence-electron chi connectivity index (χ1n) is 9.87. The van der Waals surface area contributed by atoms with E-state index in [1.54, 1.807) is 40.0 Å². The Morgan fingerprint density at radius 1 is 1.38 bits per heavy atom. The van der Waals surface area contributed by atoms with Crippen molar-refractivity contribution in [3.8, 4) is 0 Å². The lowest BCUT2D eigenvalue weighted by atomic mass is 9.67. The number of nitrogens with one attached hydrogen (secondary N) is 1. The van der Waals surface area contributed by atoms with Crippen LogP contribution >= 0.6 is 0 Å². The van der Waals surface area contributed by atoms with Crippen LogP contribution in [0.25, 0.3) is 0 Å². The van der Waals surface area contributed by atoms with Gasteiger partial charge in [0.25, 0.3) is 0 Å². The number of amides is 1. The third-order valence-electron chi connectivity index (χ3n) is 6.60. The molecule has 1 aliphatic heterocycles. The molecular weight excluding hydrogens is 375 g/mol. The van der Waals surface area contributed by atoms with Crippen molar-refractivity contribution in [2.75, 3.05) is 12.4 Å². The second-order valence-corrected chi connectivity index (χ2v) is 8.84. The topological polar surface area (TPSA) is 108 Å². The molecule has 0 spiro atoms. The van der Waals surface area contributed by atoms with E-state index < -0.39 is 22.7 Å². The third kappa shape index (κ3) is 3.68. The van der Waals surface area contributed by atoms with Crippen LogP contribution < -0.4 is 11.1 Å². The molecular formula is C21H29FN4O3. The van der Waals surface area contributed by atoms with Crippen molar-refractivity contribution in [1.29, 1.82) is 0 Å². The maximum Gasteiger partial charge on any atom is 0.303 e. The van der Waals surface area contributed by atoms with Crippen molar-refractivity contribution in [2.24, 2.45) is 22.1 Å². The Kier molecular flexibility index (Phi) is 5.32. The number of anilines is 1. The van der Waals surface area contributed by atoms with E-state index in [2.05, 4.69) is 10.3 Å². The van der Waals surface area contributed by atoms with Gasteiger partial charge in [-0.25, -0.2) is 9.38 Å². The number of nitrogens with zero attached hydrogens (tertiary/aromatic N) is 2. The standard InChI is InChI=1S/C21H29FN4O3/c1-20(2)18(29)26(4)19(23)25-21(20,3)15-11-14(7-8-16(15)22)24-13-6-5-12(9-13)10-17(27)28/h7-8,11-13,24H,5-6,9-10H2,1-4H3,(H2,23,25)(H,27,28)/t12?,13?,21-/m0/s1. The van der Waals surface area contributed by atoms with Crippen LogP contribution in [0, 0.1) is 17.2 Å². The van der Waals surface area contributed by atoms with Crippen molar-refractivity contribution < 1.29 is 19.1 Å². The van der Waals surface area contributed by atoms with E-state index in [0.717, 1.165) is 24.9 Å². The highest BCUT2D eigenvalue weighted by molar-refractivity contribution is 6.01. The molecule has 1 aromatic rings. The highest BCUT2D eigenvalue weighted by atomic mass is 19.1. The molecule has 7 nitrogen and oxygen atoms in total. The van der Waals surface area contributed by atoms with Gasteiger partial charge in [0.1, 0.15) is 11.4 Å². The first-order valence-corrected chi connectivity index (χ1v) is 9.87. The van der Waals surface area contributed by atoms with E-state index in [1.807, 2.05) is 0 Å². The fourth-order valence-corrected chi connectivity index (χ4v) is 4.43. The Morgan fingerprint density at radius 2 is 2.07 bits per heavy atom. The number of carbonyl (C=O) groups excluding carboxylic acids is 1. The number of carboxylic acids is 1. The summed E-state index contributed by atoms with van der Waals surface area (Å²) in [5, 5.41) is 12.4. The minimum absolute atomic E-state index is 0.0573. The lowest BCUT2D eigenvalue weighted by Crippen LogP contribution is -2.58. The predicted molar refractivity (Wildman–Crippen MR) is 109 cm³/mol. The minimum Gasteiger partial charge on any atom is -0.481 e. The molecule has 158 valence electrons. The minimum atomic E-state index is -1.16. The van der Waals surface area contributed by atoms with E-state index in [1.165, 1.54) is 11.0 Å². The Bertz CT molecular complexity index is 869. The number of halogens is 1. The molecule has 29 heavy (non-hydrogen) atoms. The second-order valence-electron chi connectivity index (χ2n) is 8.84. The summed E-state index contributed by atoms with van der Waals surface area (Å²) in [6, 6.07) is 4.85. The maximum absolute atomic E-state index is 14.9. The van der Waals surface area contributed by atoms with Crippen LogP contribution in [-0.2, 0) is 15.1 Å². The van der Waals surface area contributed by atoms with Gasteiger partial charge in [0.15, 0.2) is 5.96 Å². The number of hydrogen-bond acceptors (Lipinski definition) is 5. The number of rotatable bonds is 5. The monoisotopic (exact) mass is 404 g/mol. The first kappa shape index (κ1) is 21.1. The molecule has 1 fully saturated rings. The number of aliphatic imine (C=N–C) groups is 1. The van der Waals surface area contributed by atoms with Crippen LogP contribution in [-0.4, -0.2) is 40.9 Å². The van der Waals surface area contributed by atoms with Gasteiger partial charge in [0.2, 0.25) is 5.91 Å². The average molecular weight is 404 g/mol. The Morgan fingerprint density at radius 3 is 2.72 bits per heavy atom. The largest absolute Gasteiger partial charge is 0.481 e. The first-order chi connectivity index (χ1) is 13.5. The van der Waals surface area contributed by atoms with Crippen molar-refractivity contribution in [3.63, 3.8) is 0 Å². The summed E-state index contributed by atoms with van der Waals surface area (Å²) in [5.74, 6) is -1.25. The molecule has 1 saturated carbocycles. The molecule has 4 N–H and O–H groups in total. The lowest BCUT2D eigenvalue weighted by Gasteiger charge is -2.46. The van der Waals surface area contributed by atoms with Gasteiger partial charge in [-0.05, 0) is 64.2 Å². The second kappa shape index (κ2) is 7.31. The smallest absolute Gasteiger partial charge is 0.303 e. The molecule has 1 aliphatic carbocycles. The van der Waals surface area contributed by atoms with Gasteiger partial charge in [0.05, 0.1) is 5.41 Å². The van der Waals surface area contributed by atoms with Crippen molar-refractivity contribution >= 4 is 23.5 Å². The van der Waals surface area contributed by atoms with E-state index in [9.17, 15) is 14.0 Å². The van der Waals surface area contributed by atoms with Gasteiger partial charge >= 0.3 is 5.97 Å². The van der Waals surface area contributed by atoms with E-state index in [-0.39, 0.29) is 30.2 Å². The molecule has 1 heterocycles. The molecule has 0 radical (unpaired) electrons. The predicted octanol–water partition coefficient (Wildman–Crippen LogP) is 2.91. The van der Waals surface area contributed by atoms with Crippen LogP contribution in [0.5, 0.6) is 0 Å². The Labute approximate surface area is 170 Å². The summed E-state index contributed by atoms with van der Waals surface area (Å²) in [6.45, 7) is 5.22. The third-order valence-corrected chi connectivity index (χ3v) is 6.60. The van der Waals surface area contributed by atoms with E-state index in [0.29, 0.717) is 5.56 Å². The summed E-state index contributed by atoms with van der Waals surface area (Å²) in [6.07, 6.45) is 2.64. The summed E-state index contributed by atoms with van der Waals surface area (Å²) in [4.78, 5) is 29.6. The highest BCUT2D eigenvalue weighted by Crippen LogP contribution is 2.47. The van der Waals surface area contributed by atoms with Gasteiger partial charge in [-0.15, -0.1) is 0 Å². The van der Waals surface area contributed by atoms with Crippen LogP contribution in [0.3, 0.4) is 0 Å². The molecule has 1 amide bonds. The van der Waals surface area contributed by atoms with Crippen molar-refractivity contribution in [1.82, 2.24) is 4.90 Å². The summed E-state index contributed by atoms with van der Waals surface area (Å²) >= 11 is 0. The number of hydrogen-bond donors (Lipinski definition) is 3. The normalized spacial score (nSPS) is 28.9. The molecule has 0 bridgehead atoms. The molecule has 0 saturated heterocycles. The lowest BCUT2D eigenvalue weighted by molar-refractivity contribution is -0.140. The zero-order valence-corrected chi connectivity index (χ0v) is 17.3. The molecule has 1 aromatic carbocycles. The fraction of sp³-hybridized carbons (Fsp3) is 0.571. The van der Waals surface area contributed by atoms with Crippen LogP contribution in [0.2, 0.25) is 0 Å². The van der Waals surface area contributed by atoms with E-state index >= 15 is 0 Å². The SMILES string of the molecule is CN1C(=O)C(C)(C)[C@](C)(c2cc(NC3CCC(CC(=O)O)C3)ccc2F)N=C1N. The molecule has 3 rings (SSSR count). The number of guanidine groups is 1. The van der Waals surface area contributed by atoms with Crippen molar-refractivity contribution in [3.05, 3.63) is 29.6 Å². The number of carboxylic acid groups (broad SMARTS) is 1. The fourth-order valence-electron chi connectivity index (χ4n) is 4.43. The molecule has 2 unspecified atom stereocenters. The molecule has 2 aliphatic rings. The van der Waals surface area contributed by atoms with Gasteiger partial charge in [-0.3, -0.25) is 14.5 Å². The summed E-state index contributed by atoms with van der Waals surface area (Å²) in [5.41, 5.74) is 4.81. The maximum atomic E-state index is 14.9. The Hall–Kier alpha value is -2.64. The molecule has 8 heteroatoms. The van der Waals surface area contributed by atoms with Gasteiger partial charge in [0, 0.05) is 30.8 Å². The van der Waals surface area contributed by atoms with Crippen LogP contribution in [0.4, 0.5) is 10.1 Å². The summed E-state index contributed by atoms with van der Waals surface area (Å²) in [7, 11) is 1.56. The number of nitrogens with two attached hydrogens (primary N) is 1. The van der Waals surface area contributed by atoms with Gasteiger partial charge in [-0.1, -0.05) is 0 Å². The number of aliphatic carboxylic acids is 1. The number of carbonyl (C=O) groups is 2. The van der Waals surface area contributed by atoms with Gasteiger partial charge in [-0.2, -0.15) is 0 Å². The van der Waals surface area contributed by atoms with E-state index in [4.69, 9.17) is 10.8 Å². The Balaban J connectivity index is 1.90. The van der Waals surface area contributed by atoms with Crippen molar-refractivity contribution in [2.45, 2.75) is 58.0 Å². The zero-order valence-electron chi connectivity index (χ0n) is 17.3. The van der Waals surface area contributed by atoms with Crippen LogP contribution in [0.15, 0.2) is 23.2 Å². The quantitative estimate of drug-likeness (QED) is 0.699. The summed E-state index contributed by atoms with van der Waals surface area (Å²) < 4.78 is 14.9. The average Bonchev–Trinajstić information content (AvgIpc) is 3.06. The molecule has 0 aromatic heterocycles.